The molecule has 1 aromatic rings. The van der Waals surface area contributed by atoms with E-state index < -0.39 is 5.97 Å². The van der Waals surface area contributed by atoms with E-state index in [1.54, 1.807) is 18.2 Å². The van der Waals surface area contributed by atoms with Crippen LogP contribution in [0.15, 0.2) is 24.3 Å². The molecule has 0 spiro atoms. The first kappa shape index (κ1) is 40.9. The smallest absolute Gasteiger partial charge is 0.336 e. The Bertz CT molecular complexity index is 864. The molecule has 0 fully saturated rings. The number of Topliss-reactive ketones (excluding diaryl/α,β-unsaturated/α-hetero) is 1. The van der Waals surface area contributed by atoms with Gasteiger partial charge in [0.25, 0.3) is 0 Å². The van der Waals surface area contributed by atoms with Crippen molar-refractivity contribution in [2.45, 2.75) is 200 Å². The lowest BCUT2D eigenvalue weighted by Crippen LogP contribution is -2.08. The molecule has 0 aromatic heterocycles. The Balaban J connectivity index is 1.77. The topological polar surface area (TPSA) is 80.7 Å². The van der Waals surface area contributed by atoms with Crippen LogP contribution in [0.4, 0.5) is 0 Å². The van der Waals surface area contributed by atoms with Crippen LogP contribution in [0, 0.1) is 0 Å². The zero-order valence-corrected chi connectivity index (χ0v) is 29.1. The van der Waals surface area contributed by atoms with Gasteiger partial charge in [-0.25, -0.2) is 4.79 Å². The van der Waals surface area contributed by atoms with Gasteiger partial charge in [0, 0.05) is 24.8 Å². The summed E-state index contributed by atoms with van der Waals surface area (Å²) in [6, 6.07) is 6.63. The largest absolute Gasteiger partial charge is 0.478 e. The van der Waals surface area contributed by atoms with E-state index in [1.165, 1.54) is 141 Å². The third-order valence-electron chi connectivity index (χ3n) is 9.03. The van der Waals surface area contributed by atoms with Crippen LogP contribution < -0.4 is 0 Å². The van der Waals surface area contributed by atoms with Gasteiger partial charge in [0.05, 0.1) is 5.56 Å². The molecule has 0 aliphatic rings. The van der Waals surface area contributed by atoms with Crippen LogP contribution in [0.5, 0.6) is 0 Å². The van der Waals surface area contributed by atoms with E-state index in [0.717, 1.165) is 44.9 Å². The number of carbonyl (C=O) groups excluding carboxylic acids is 2. The number of aromatic carboxylic acids is 1. The van der Waals surface area contributed by atoms with Gasteiger partial charge >= 0.3 is 11.9 Å². The van der Waals surface area contributed by atoms with Gasteiger partial charge in [-0.1, -0.05) is 173 Å². The van der Waals surface area contributed by atoms with Crippen LogP contribution in [-0.4, -0.2) is 22.8 Å². The number of ether oxygens (including phenoxy) is 1. The van der Waals surface area contributed by atoms with Crippen LogP contribution in [0.25, 0.3) is 0 Å². The van der Waals surface area contributed by atoms with Gasteiger partial charge in [-0.2, -0.15) is 0 Å². The molecule has 258 valence electrons. The minimum atomic E-state index is -1.00. The van der Waals surface area contributed by atoms with Gasteiger partial charge in [-0.3, -0.25) is 9.59 Å². The zero-order chi connectivity index (χ0) is 32.6. The minimum absolute atomic E-state index is 0.0144. The monoisotopic (exact) mass is 629 g/mol. The number of unbranched alkanes of at least 4 members (excludes halogenated alkanes) is 24. The second-order valence-electron chi connectivity index (χ2n) is 13.3. The summed E-state index contributed by atoms with van der Waals surface area (Å²) in [4.78, 5) is 35.4. The van der Waals surface area contributed by atoms with Gasteiger partial charge in [-0.05, 0) is 25.3 Å². The molecule has 0 aliphatic heterocycles. The van der Waals surface area contributed by atoms with E-state index in [9.17, 15) is 19.5 Å². The molecule has 0 radical (unpaired) electrons. The fraction of sp³-hybridized carbons (Fsp3) is 0.775. The predicted octanol–water partition coefficient (Wildman–Crippen LogP) is 12.3. The summed E-state index contributed by atoms with van der Waals surface area (Å²) in [6.07, 6.45) is 35.1. The summed E-state index contributed by atoms with van der Waals surface area (Å²) < 4.78 is 5.27. The number of carboxylic acids is 1. The number of carboxylic acid groups (broad SMARTS) is 1. The zero-order valence-electron chi connectivity index (χ0n) is 29.1. The first-order valence-corrected chi connectivity index (χ1v) is 19.0. The van der Waals surface area contributed by atoms with E-state index >= 15 is 0 Å². The van der Waals surface area contributed by atoms with Crippen LogP contribution in [0.2, 0.25) is 0 Å². The summed E-state index contributed by atoms with van der Waals surface area (Å²) in [5.74, 6) is -0.778. The van der Waals surface area contributed by atoms with Crippen molar-refractivity contribution < 1.29 is 24.2 Å². The van der Waals surface area contributed by atoms with Crippen LogP contribution in [0.1, 0.15) is 209 Å². The van der Waals surface area contributed by atoms with Crippen molar-refractivity contribution >= 4 is 17.7 Å². The maximum absolute atomic E-state index is 12.2. The van der Waals surface area contributed by atoms with E-state index in [2.05, 4.69) is 6.92 Å². The normalized spacial score (nSPS) is 11.1. The fourth-order valence-corrected chi connectivity index (χ4v) is 6.09. The predicted molar refractivity (Wildman–Crippen MR) is 188 cm³/mol. The minimum Gasteiger partial charge on any atom is -0.478 e. The highest BCUT2D eigenvalue weighted by atomic mass is 16.5. The van der Waals surface area contributed by atoms with Crippen molar-refractivity contribution in [2.24, 2.45) is 0 Å². The van der Waals surface area contributed by atoms with E-state index in [1.807, 2.05) is 0 Å². The van der Waals surface area contributed by atoms with E-state index in [-0.39, 0.29) is 18.1 Å². The Kier molecular flexibility index (Phi) is 27.7. The molecule has 1 aromatic carbocycles. The van der Waals surface area contributed by atoms with Crippen LogP contribution in [0.3, 0.4) is 0 Å². The molecule has 5 nitrogen and oxygen atoms in total. The summed E-state index contributed by atoms with van der Waals surface area (Å²) >= 11 is 0. The lowest BCUT2D eigenvalue weighted by atomic mass is 10.0. The number of hydrogen-bond acceptors (Lipinski definition) is 4. The maximum Gasteiger partial charge on any atom is 0.336 e. The number of carbonyl (C=O) groups is 3. The first-order valence-electron chi connectivity index (χ1n) is 19.0. The highest BCUT2D eigenvalue weighted by molar-refractivity contribution is 5.89. The Morgan fingerprint density at radius 2 is 0.867 bits per heavy atom. The molecule has 5 heteroatoms. The summed E-state index contributed by atoms with van der Waals surface area (Å²) in [5.41, 5.74) is 0.712. The Morgan fingerprint density at radius 3 is 1.27 bits per heavy atom. The molecule has 0 heterocycles. The molecule has 0 unspecified atom stereocenters. The molecule has 0 bridgehead atoms. The van der Waals surface area contributed by atoms with Crippen molar-refractivity contribution in [1.82, 2.24) is 0 Å². The number of benzene rings is 1. The number of ketones is 1. The third kappa shape index (κ3) is 25.7. The standard InChI is InChI=1S/C40H68O5/c1-2-3-4-5-6-7-8-10-13-16-19-22-25-31-37(41)32-26-23-20-17-14-11-9-12-15-18-21-24-27-34-39(42)45-35-36-30-28-29-33-38(36)40(43)44/h28-30,33H,2-27,31-32,34-35H2,1H3,(H,43,44). The molecule has 1 rings (SSSR count). The number of esters is 1. The fourth-order valence-electron chi connectivity index (χ4n) is 6.09. The molecular weight excluding hydrogens is 560 g/mol. The summed E-state index contributed by atoms with van der Waals surface area (Å²) in [7, 11) is 0. The van der Waals surface area contributed by atoms with Crippen molar-refractivity contribution in [3.05, 3.63) is 35.4 Å². The van der Waals surface area contributed by atoms with Gasteiger partial charge in [0.15, 0.2) is 0 Å². The average molecular weight is 629 g/mol. The van der Waals surface area contributed by atoms with Crippen LogP contribution >= 0.6 is 0 Å². The Morgan fingerprint density at radius 1 is 0.511 bits per heavy atom. The van der Waals surface area contributed by atoms with Crippen LogP contribution in [-0.2, 0) is 20.9 Å². The molecular formula is C40H68O5. The average Bonchev–Trinajstić information content (AvgIpc) is 3.04. The van der Waals surface area contributed by atoms with Crippen molar-refractivity contribution in [3.8, 4) is 0 Å². The molecule has 0 saturated heterocycles. The van der Waals surface area contributed by atoms with Gasteiger partial charge < -0.3 is 9.84 Å². The van der Waals surface area contributed by atoms with E-state index in [4.69, 9.17) is 4.74 Å². The lowest BCUT2D eigenvalue weighted by molar-refractivity contribution is -0.145. The van der Waals surface area contributed by atoms with Gasteiger partial charge in [0.2, 0.25) is 0 Å². The third-order valence-corrected chi connectivity index (χ3v) is 9.03. The molecule has 45 heavy (non-hydrogen) atoms. The highest BCUT2D eigenvalue weighted by Crippen LogP contribution is 2.16. The van der Waals surface area contributed by atoms with E-state index in [0.29, 0.717) is 17.8 Å². The van der Waals surface area contributed by atoms with Gasteiger partial charge in [0.1, 0.15) is 12.4 Å². The molecule has 0 atom stereocenters. The lowest BCUT2D eigenvalue weighted by Gasteiger charge is -2.07. The SMILES string of the molecule is CCCCCCCCCCCCCCCC(=O)CCCCCCCCCCCCCCCC(=O)OCc1ccccc1C(=O)O. The Labute approximate surface area is 276 Å². The molecule has 1 N–H and O–H groups in total. The summed E-state index contributed by atoms with van der Waals surface area (Å²) in [5, 5.41) is 9.21. The summed E-state index contributed by atoms with van der Waals surface area (Å²) in [6.45, 7) is 2.29. The van der Waals surface area contributed by atoms with Gasteiger partial charge in [-0.15, -0.1) is 0 Å². The maximum atomic E-state index is 12.2. The second-order valence-corrected chi connectivity index (χ2v) is 13.3. The molecule has 0 amide bonds. The molecule has 0 aliphatic carbocycles. The molecule has 0 saturated carbocycles. The van der Waals surface area contributed by atoms with Crippen molar-refractivity contribution in [2.75, 3.05) is 0 Å². The Hall–Kier alpha value is -2.17. The first-order chi connectivity index (χ1) is 22.0. The van der Waals surface area contributed by atoms with Crippen molar-refractivity contribution in [3.63, 3.8) is 0 Å². The van der Waals surface area contributed by atoms with Crippen molar-refractivity contribution in [1.29, 1.82) is 0 Å². The second kappa shape index (κ2) is 30.5. The number of hydrogen-bond donors (Lipinski definition) is 1. The highest BCUT2D eigenvalue weighted by Gasteiger charge is 2.11. The number of rotatable bonds is 33. The quantitative estimate of drug-likeness (QED) is 0.0618.